The lowest BCUT2D eigenvalue weighted by Gasteiger charge is -2.10. The number of thiophene rings is 1. The van der Waals surface area contributed by atoms with Gasteiger partial charge in [-0.1, -0.05) is 0 Å². The van der Waals surface area contributed by atoms with Crippen LogP contribution in [0.5, 0.6) is 5.75 Å². The van der Waals surface area contributed by atoms with Crippen molar-refractivity contribution in [1.82, 2.24) is 5.32 Å². The first-order valence-electron chi connectivity index (χ1n) is 7.45. The van der Waals surface area contributed by atoms with Gasteiger partial charge in [0.25, 0.3) is 11.8 Å². The van der Waals surface area contributed by atoms with Crippen LogP contribution in [0.3, 0.4) is 0 Å². The van der Waals surface area contributed by atoms with E-state index in [9.17, 15) is 14.4 Å². The Morgan fingerprint density at radius 1 is 1.04 bits per heavy atom. The predicted octanol–water partition coefficient (Wildman–Crippen LogP) is 3.28. The van der Waals surface area contributed by atoms with Gasteiger partial charge in [-0.2, -0.15) is 0 Å². The molecule has 2 N–H and O–H groups in total. The van der Waals surface area contributed by atoms with E-state index >= 15 is 0 Å². The van der Waals surface area contributed by atoms with Crippen LogP contribution in [-0.4, -0.2) is 31.1 Å². The molecule has 25 heavy (non-hydrogen) atoms. The van der Waals surface area contributed by atoms with Crippen LogP contribution in [-0.2, 0) is 4.74 Å². The van der Waals surface area contributed by atoms with Crippen molar-refractivity contribution in [3.63, 3.8) is 0 Å². The van der Waals surface area contributed by atoms with Crippen LogP contribution in [0.25, 0.3) is 0 Å². The number of alkyl carbamates (subject to hydrolysis) is 1. The molecule has 2 aromatic rings. The average Bonchev–Trinajstić information content (AvgIpc) is 3.03. The molecular weight excluding hydrogens is 344 g/mol. The third-order valence-electron chi connectivity index (χ3n) is 3.03. The van der Waals surface area contributed by atoms with Crippen molar-refractivity contribution in [3.8, 4) is 5.75 Å². The van der Waals surface area contributed by atoms with Gasteiger partial charge in [0, 0.05) is 5.56 Å². The zero-order valence-electron chi connectivity index (χ0n) is 14.0. The van der Waals surface area contributed by atoms with Gasteiger partial charge in [0.1, 0.15) is 10.8 Å². The van der Waals surface area contributed by atoms with Crippen LogP contribution >= 0.6 is 11.3 Å². The molecule has 0 spiro atoms. The average molecular weight is 362 g/mol. The van der Waals surface area contributed by atoms with Crippen LogP contribution in [0.2, 0.25) is 0 Å². The van der Waals surface area contributed by atoms with Crippen molar-refractivity contribution >= 4 is 34.2 Å². The summed E-state index contributed by atoms with van der Waals surface area (Å²) >= 11 is 1.18. The number of hydrogen-bond donors (Lipinski definition) is 2. The minimum absolute atomic E-state index is 0.0432. The molecule has 1 aromatic carbocycles. The summed E-state index contributed by atoms with van der Waals surface area (Å²) in [5.74, 6) is -0.351. The second kappa shape index (κ2) is 8.29. The topological polar surface area (TPSA) is 93.7 Å². The molecule has 0 radical (unpaired) electrons. The fourth-order valence-electron chi connectivity index (χ4n) is 1.93. The molecule has 0 atom stereocenters. The smallest absolute Gasteiger partial charge is 0.413 e. The summed E-state index contributed by atoms with van der Waals surface area (Å²) in [5.41, 5.74) is 0.604. The molecule has 0 saturated carbocycles. The van der Waals surface area contributed by atoms with Gasteiger partial charge in [0.15, 0.2) is 0 Å². The van der Waals surface area contributed by atoms with Crippen molar-refractivity contribution < 1.29 is 23.9 Å². The first-order valence-corrected chi connectivity index (χ1v) is 8.33. The molecule has 0 bridgehead atoms. The maximum Gasteiger partial charge on any atom is 0.413 e. The Bertz CT molecular complexity index is 768. The number of amides is 3. The molecule has 1 heterocycles. The van der Waals surface area contributed by atoms with Crippen molar-refractivity contribution in [1.29, 1.82) is 0 Å². The molecule has 0 aliphatic carbocycles. The van der Waals surface area contributed by atoms with Crippen molar-refractivity contribution in [2.75, 3.05) is 12.4 Å². The third-order valence-corrected chi connectivity index (χ3v) is 3.86. The van der Waals surface area contributed by atoms with Crippen LogP contribution in [0.1, 0.15) is 34.6 Å². The van der Waals surface area contributed by atoms with Crippen molar-refractivity contribution in [3.05, 3.63) is 46.8 Å². The number of carbonyl (C=O) groups is 3. The summed E-state index contributed by atoms with van der Waals surface area (Å²) in [6.45, 7) is 3.83. The fourth-order valence-corrected chi connectivity index (χ4v) is 2.71. The Balaban J connectivity index is 2.07. The van der Waals surface area contributed by atoms with Gasteiger partial charge in [-0.05, 0) is 49.6 Å². The molecule has 7 nitrogen and oxygen atoms in total. The maximum absolute atomic E-state index is 12.3. The van der Waals surface area contributed by atoms with Gasteiger partial charge in [-0.25, -0.2) is 4.79 Å². The minimum atomic E-state index is -0.866. The monoisotopic (exact) mass is 362 g/mol. The highest BCUT2D eigenvalue weighted by molar-refractivity contribution is 7.14. The third kappa shape index (κ3) is 5.05. The number of ether oxygens (including phenoxy) is 2. The SMILES string of the molecule is COC(=O)NC(=O)c1ccsc1NC(=O)c1ccc(OC(C)C)cc1. The molecule has 8 heteroatoms. The summed E-state index contributed by atoms with van der Waals surface area (Å²) in [4.78, 5) is 35.4. The molecule has 0 fully saturated rings. The molecular formula is C17H18N2O5S. The van der Waals surface area contributed by atoms with Crippen LogP contribution < -0.4 is 15.4 Å². The lowest BCUT2D eigenvalue weighted by molar-refractivity contribution is 0.0938. The molecule has 0 aliphatic heterocycles. The molecule has 3 amide bonds. The van der Waals surface area contributed by atoms with E-state index < -0.39 is 12.0 Å². The van der Waals surface area contributed by atoms with E-state index in [2.05, 4.69) is 10.1 Å². The van der Waals surface area contributed by atoms with Gasteiger partial charge in [0.05, 0.1) is 18.8 Å². The highest BCUT2D eigenvalue weighted by Crippen LogP contribution is 2.24. The number of imide groups is 1. The van der Waals surface area contributed by atoms with E-state index in [0.29, 0.717) is 16.3 Å². The summed E-state index contributed by atoms with van der Waals surface area (Å²) in [5, 5.41) is 6.70. The molecule has 1 aromatic heterocycles. The Kier molecular flexibility index (Phi) is 6.13. The van der Waals surface area contributed by atoms with Gasteiger partial charge < -0.3 is 14.8 Å². The first kappa shape index (κ1) is 18.5. The van der Waals surface area contributed by atoms with Gasteiger partial charge in [-0.15, -0.1) is 11.3 Å². The van der Waals surface area contributed by atoms with E-state index in [1.807, 2.05) is 19.2 Å². The highest BCUT2D eigenvalue weighted by atomic mass is 32.1. The van der Waals surface area contributed by atoms with E-state index in [-0.39, 0.29) is 17.6 Å². The van der Waals surface area contributed by atoms with Gasteiger partial charge in [-0.3, -0.25) is 14.9 Å². The standard InChI is InChI=1S/C17H18N2O5S/c1-10(2)24-12-6-4-11(5-7-12)14(20)18-16-13(8-9-25-16)15(21)19-17(22)23-3/h4-10H,1-3H3,(H,18,20)(H,19,21,22). The lowest BCUT2D eigenvalue weighted by atomic mass is 10.2. The number of carbonyl (C=O) groups excluding carboxylic acids is 3. The maximum atomic E-state index is 12.3. The van der Waals surface area contributed by atoms with E-state index in [0.717, 1.165) is 7.11 Å². The zero-order valence-corrected chi connectivity index (χ0v) is 14.8. The summed E-state index contributed by atoms with van der Waals surface area (Å²) in [6.07, 6.45) is -0.823. The number of rotatable bonds is 5. The largest absolute Gasteiger partial charge is 0.491 e. The number of nitrogens with one attached hydrogen (secondary N) is 2. The Morgan fingerprint density at radius 3 is 2.32 bits per heavy atom. The number of anilines is 1. The highest BCUT2D eigenvalue weighted by Gasteiger charge is 2.18. The minimum Gasteiger partial charge on any atom is -0.491 e. The second-order valence-corrected chi connectivity index (χ2v) is 6.17. The number of hydrogen-bond acceptors (Lipinski definition) is 6. The van der Waals surface area contributed by atoms with E-state index in [1.165, 1.54) is 17.4 Å². The van der Waals surface area contributed by atoms with Crippen LogP contribution in [0.4, 0.5) is 9.80 Å². The Morgan fingerprint density at radius 2 is 1.72 bits per heavy atom. The summed E-state index contributed by atoms with van der Waals surface area (Å²) < 4.78 is 9.91. The quantitative estimate of drug-likeness (QED) is 0.851. The summed E-state index contributed by atoms with van der Waals surface area (Å²) in [6, 6.07) is 8.18. The number of benzene rings is 1. The van der Waals surface area contributed by atoms with E-state index in [4.69, 9.17) is 4.74 Å². The van der Waals surface area contributed by atoms with E-state index in [1.54, 1.807) is 29.6 Å². The van der Waals surface area contributed by atoms with Crippen LogP contribution in [0.15, 0.2) is 35.7 Å². The number of methoxy groups -OCH3 is 1. The Hall–Kier alpha value is -2.87. The summed E-state index contributed by atoms with van der Waals surface area (Å²) in [7, 11) is 1.16. The molecule has 0 saturated heterocycles. The second-order valence-electron chi connectivity index (χ2n) is 5.25. The van der Waals surface area contributed by atoms with Crippen molar-refractivity contribution in [2.45, 2.75) is 20.0 Å². The molecule has 132 valence electrons. The van der Waals surface area contributed by atoms with Crippen molar-refractivity contribution in [2.24, 2.45) is 0 Å². The lowest BCUT2D eigenvalue weighted by Crippen LogP contribution is -2.30. The van der Waals surface area contributed by atoms with Crippen LogP contribution in [0, 0.1) is 0 Å². The van der Waals surface area contributed by atoms with Gasteiger partial charge in [0.2, 0.25) is 0 Å². The van der Waals surface area contributed by atoms with Gasteiger partial charge >= 0.3 is 6.09 Å². The predicted molar refractivity (Wildman–Crippen MR) is 94.3 cm³/mol. The zero-order chi connectivity index (χ0) is 18.4. The molecule has 0 aliphatic rings. The first-order chi connectivity index (χ1) is 11.9. The molecule has 0 unspecified atom stereocenters. The Labute approximate surface area is 148 Å². The molecule has 2 rings (SSSR count). The fraction of sp³-hybridized carbons (Fsp3) is 0.235. The normalized spacial score (nSPS) is 10.2.